The lowest BCUT2D eigenvalue weighted by Crippen LogP contribution is -2.21. The standard InChI is InChI=1S/C33H28O/c1-22-16-18-25(19-17-22)32-21-30(28-14-8-7-13-27(28)24-10-4-3-5-11-24)31-20-23(2)26-12-6-9-15-29(26)33(31)34-32/h3-20,30,32H,21H2,1-2H3. The van der Waals surface area contributed by atoms with E-state index in [4.69, 9.17) is 4.74 Å². The van der Waals surface area contributed by atoms with Gasteiger partial charge in [0.15, 0.2) is 0 Å². The van der Waals surface area contributed by atoms with Crippen LogP contribution in [0, 0.1) is 13.8 Å². The monoisotopic (exact) mass is 440 g/mol. The second-order valence-electron chi connectivity index (χ2n) is 9.42. The van der Waals surface area contributed by atoms with Gasteiger partial charge >= 0.3 is 0 Å². The van der Waals surface area contributed by atoms with Crippen LogP contribution in [-0.2, 0) is 0 Å². The zero-order chi connectivity index (χ0) is 23.1. The lowest BCUT2D eigenvalue weighted by Gasteiger charge is -2.35. The molecule has 0 amide bonds. The van der Waals surface area contributed by atoms with Gasteiger partial charge in [-0.05, 0) is 53.5 Å². The Morgan fingerprint density at radius 3 is 2.12 bits per heavy atom. The number of hydrogen-bond acceptors (Lipinski definition) is 1. The highest BCUT2D eigenvalue weighted by atomic mass is 16.5. The summed E-state index contributed by atoms with van der Waals surface area (Å²) in [5.74, 6) is 1.28. The van der Waals surface area contributed by atoms with Gasteiger partial charge in [-0.25, -0.2) is 0 Å². The molecule has 1 nitrogen and oxygen atoms in total. The molecule has 0 radical (unpaired) electrons. The summed E-state index contributed by atoms with van der Waals surface area (Å²) < 4.78 is 6.82. The highest BCUT2D eigenvalue weighted by molar-refractivity contribution is 5.93. The fraction of sp³-hybridized carbons (Fsp3) is 0.152. The van der Waals surface area contributed by atoms with Crippen molar-refractivity contribution in [2.75, 3.05) is 0 Å². The van der Waals surface area contributed by atoms with E-state index in [2.05, 4.69) is 123 Å². The number of aryl methyl sites for hydroxylation is 2. The number of ether oxygens (including phenoxy) is 1. The van der Waals surface area contributed by atoms with Crippen LogP contribution in [0.5, 0.6) is 5.75 Å². The third kappa shape index (κ3) is 3.58. The van der Waals surface area contributed by atoms with Gasteiger partial charge in [0, 0.05) is 16.9 Å². The van der Waals surface area contributed by atoms with Crippen molar-refractivity contribution in [3.8, 4) is 16.9 Å². The van der Waals surface area contributed by atoms with Crippen molar-refractivity contribution in [3.63, 3.8) is 0 Å². The van der Waals surface area contributed by atoms with Crippen LogP contribution in [0.1, 0.15) is 46.3 Å². The van der Waals surface area contributed by atoms with Crippen LogP contribution < -0.4 is 4.74 Å². The molecule has 1 aliphatic rings. The maximum absolute atomic E-state index is 6.82. The van der Waals surface area contributed by atoms with Crippen LogP contribution in [-0.4, -0.2) is 0 Å². The molecule has 1 heteroatoms. The van der Waals surface area contributed by atoms with Crippen molar-refractivity contribution in [2.45, 2.75) is 32.3 Å². The molecule has 1 heterocycles. The molecular weight excluding hydrogens is 412 g/mol. The zero-order valence-corrected chi connectivity index (χ0v) is 19.7. The van der Waals surface area contributed by atoms with E-state index in [0.717, 1.165) is 12.2 Å². The molecular formula is C33H28O. The van der Waals surface area contributed by atoms with E-state index in [-0.39, 0.29) is 12.0 Å². The molecule has 2 atom stereocenters. The van der Waals surface area contributed by atoms with Gasteiger partial charge in [-0.2, -0.15) is 0 Å². The molecule has 0 fully saturated rings. The molecule has 0 saturated heterocycles. The van der Waals surface area contributed by atoms with Crippen molar-refractivity contribution in [2.24, 2.45) is 0 Å². The van der Waals surface area contributed by atoms with Crippen LogP contribution in [0.25, 0.3) is 21.9 Å². The molecule has 2 unspecified atom stereocenters. The molecule has 5 aromatic rings. The largest absolute Gasteiger partial charge is 0.485 e. The zero-order valence-electron chi connectivity index (χ0n) is 19.7. The fourth-order valence-electron chi connectivity index (χ4n) is 5.44. The van der Waals surface area contributed by atoms with E-state index in [0.29, 0.717) is 0 Å². The second-order valence-corrected chi connectivity index (χ2v) is 9.42. The minimum Gasteiger partial charge on any atom is -0.485 e. The molecule has 0 aliphatic carbocycles. The van der Waals surface area contributed by atoms with Crippen LogP contribution in [0.2, 0.25) is 0 Å². The Balaban J connectivity index is 1.58. The van der Waals surface area contributed by atoms with E-state index in [9.17, 15) is 0 Å². The SMILES string of the molecule is Cc1ccc(C2CC(c3ccccc3-c3ccccc3)c3cc(C)c4ccccc4c3O2)cc1. The Bertz CT molecular complexity index is 1460. The average molecular weight is 441 g/mol. The fourth-order valence-corrected chi connectivity index (χ4v) is 5.44. The first kappa shape index (κ1) is 20.7. The van der Waals surface area contributed by atoms with Gasteiger partial charge in [0.1, 0.15) is 11.9 Å². The Morgan fingerprint density at radius 2 is 1.32 bits per heavy atom. The molecule has 0 spiro atoms. The summed E-state index contributed by atoms with van der Waals surface area (Å²) in [4.78, 5) is 0. The van der Waals surface area contributed by atoms with Gasteiger partial charge in [0.2, 0.25) is 0 Å². The molecule has 6 rings (SSSR count). The van der Waals surface area contributed by atoms with Crippen molar-refractivity contribution < 1.29 is 4.74 Å². The third-order valence-electron chi connectivity index (χ3n) is 7.19. The van der Waals surface area contributed by atoms with Gasteiger partial charge < -0.3 is 4.74 Å². The normalized spacial score (nSPS) is 17.2. The van der Waals surface area contributed by atoms with E-state index in [1.807, 2.05) is 0 Å². The predicted octanol–water partition coefficient (Wildman–Crippen LogP) is 8.78. The van der Waals surface area contributed by atoms with Crippen molar-refractivity contribution in [1.29, 1.82) is 0 Å². The first-order valence-corrected chi connectivity index (χ1v) is 12.1. The average Bonchev–Trinajstić information content (AvgIpc) is 2.89. The smallest absolute Gasteiger partial charge is 0.131 e. The minimum absolute atomic E-state index is 0.00745. The summed E-state index contributed by atoms with van der Waals surface area (Å²) >= 11 is 0. The molecule has 0 aromatic heterocycles. The van der Waals surface area contributed by atoms with Crippen molar-refractivity contribution in [3.05, 3.63) is 137 Å². The first-order chi connectivity index (χ1) is 16.7. The number of rotatable bonds is 3. The third-order valence-corrected chi connectivity index (χ3v) is 7.19. The van der Waals surface area contributed by atoms with Crippen LogP contribution in [0.4, 0.5) is 0 Å². The maximum atomic E-state index is 6.82. The van der Waals surface area contributed by atoms with Crippen LogP contribution in [0.3, 0.4) is 0 Å². The minimum atomic E-state index is 0.00745. The van der Waals surface area contributed by atoms with E-state index < -0.39 is 0 Å². The Labute approximate surface area is 201 Å². The highest BCUT2D eigenvalue weighted by Gasteiger charge is 2.33. The van der Waals surface area contributed by atoms with Crippen molar-refractivity contribution >= 4 is 10.8 Å². The molecule has 0 N–H and O–H groups in total. The maximum Gasteiger partial charge on any atom is 0.131 e. The van der Waals surface area contributed by atoms with Gasteiger partial charge in [0.05, 0.1) is 0 Å². The predicted molar refractivity (Wildman–Crippen MR) is 142 cm³/mol. The lowest BCUT2D eigenvalue weighted by molar-refractivity contribution is 0.170. The molecule has 0 saturated carbocycles. The first-order valence-electron chi connectivity index (χ1n) is 12.1. The number of hydrogen-bond donors (Lipinski definition) is 0. The van der Waals surface area contributed by atoms with Gasteiger partial charge in [0.25, 0.3) is 0 Å². The summed E-state index contributed by atoms with van der Waals surface area (Å²) in [6, 6.07) is 39.5. The Hall–Kier alpha value is -3.84. The second kappa shape index (κ2) is 8.50. The molecule has 5 aromatic carbocycles. The summed E-state index contributed by atoms with van der Waals surface area (Å²) in [5, 5.41) is 2.47. The van der Waals surface area contributed by atoms with E-state index in [1.165, 1.54) is 49.7 Å². The quantitative estimate of drug-likeness (QED) is 0.272. The molecule has 0 bridgehead atoms. The lowest BCUT2D eigenvalue weighted by atomic mass is 9.78. The van der Waals surface area contributed by atoms with Gasteiger partial charge in [-0.3, -0.25) is 0 Å². The molecule has 1 aliphatic heterocycles. The Kier molecular flexibility index (Phi) is 5.19. The molecule has 166 valence electrons. The van der Waals surface area contributed by atoms with Crippen LogP contribution in [0.15, 0.2) is 109 Å². The molecule has 34 heavy (non-hydrogen) atoms. The van der Waals surface area contributed by atoms with Gasteiger partial charge in [-0.1, -0.05) is 115 Å². The number of benzene rings is 5. The number of fused-ring (bicyclic) bond motifs is 3. The van der Waals surface area contributed by atoms with E-state index >= 15 is 0 Å². The van der Waals surface area contributed by atoms with Gasteiger partial charge in [-0.15, -0.1) is 0 Å². The van der Waals surface area contributed by atoms with Crippen LogP contribution >= 0.6 is 0 Å². The summed E-state index contributed by atoms with van der Waals surface area (Å²) in [6.45, 7) is 4.35. The van der Waals surface area contributed by atoms with Crippen molar-refractivity contribution in [1.82, 2.24) is 0 Å². The summed E-state index contributed by atoms with van der Waals surface area (Å²) in [6.07, 6.45) is 0.922. The van der Waals surface area contributed by atoms with E-state index in [1.54, 1.807) is 0 Å². The topological polar surface area (TPSA) is 9.23 Å². The summed E-state index contributed by atoms with van der Waals surface area (Å²) in [7, 11) is 0. The Morgan fingerprint density at radius 1 is 0.647 bits per heavy atom. The summed E-state index contributed by atoms with van der Waals surface area (Å²) in [5.41, 5.74) is 9.03. The highest BCUT2D eigenvalue weighted by Crippen LogP contribution is 2.50.